The standard InChI is InChI=1S/C14H19ClN2O6S/c1-2-24(21,22)16-7-5-10(6-8-16)17(9-13(18)19)14(20)11-3-4-12(15)23-11/h3-4,10H,2,5-9H2,1H3,(H,18,19). The van der Waals surface area contributed by atoms with Crippen LogP contribution >= 0.6 is 11.6 Å². The number of aliphatic carboxylic acids is 1. The van der Waals surface area contributed by atoms with E-state index in [1.54, 1.807) is 6.92 Å². The molecule has 0 bridgehead atoms. The highest BCUT2D eigenvalue weighted by Crippen LogP contribution is 2.22. The van der Waals surface area contributed by atoms with Crippen LogP contribution in [0.25, 0.3) is 0 Å². The summed E-state index contributed by atoms with van der Waals surface area (Å²) in [7, 11) is -3.28. The van der Waals surface area contributed by atoms with E-state index in [4.69, 9.17) is 21.1 Å². The molecule has 1 N–H and O–H groups in total. The van der Waals surface area contributed by atoms with Crippen molar-refractivity contribution in [3.8, 4) is 0 Å². The average Bonchev–Trinajstić information content (AvgIpc) is 2.98. The second-order valence-electron chi connectivity index (χ2n) is 5.46. The zero-order valence-electron chi connectivity index (χ0n) is 13.1. The number of carbonyl (C=O) groups is 2. The molecule has 24 heavy (non-hydrogen) atoms. The first-order valence-corrected chi connectivity index (χ1v) is 9.49. The van der Waals surface area contributed by atoms with E-state index in [0.717, 1.165) is 0 Å². The van der Waals surface area contributed by atoms with Gasteiger partial charge in [-0.1, -0.05) is 0 Å². The first-order valence-electron chi connectivity index (χ1n) is 7.50. The zero-order chi connectivity index (χ0) is 17.9. The Morgan fingerprint density at radius 2 is 2.00 bits per heavy atom. The van der Waals surface area contributed by atoms with Gasteiger partial charge in [-0.25, -0.2) is 12.7 Å². The van der Waals surface area contributed by atoms with E-state index in [9.17, 15) is 18.0 Å². The van der Waals surface area contributed by atoms with Crippen molar-refractivity contribution in [2.75, 3.05) is 25.4 Å². The van der Waals surface area contributed by atoms with Crippen LogP contribution in [-0.4, -0.2) is 66.0 Å². The predicted octanol–water partition coefficient (Wildman–Crippen LogP) is 1.27. The zero-order valence-corrected chi connectivity index (χ0v) is 14.7. The Bertz CT molecular complexity index is 709. The van der Waals surface area contributed by atoms with Gasteiger partial charge in [-0.05, 0) is 43.5 Å². The quantitative estimate of drug-likeness (QED) is 0.798. The van der Waals surface area contributed by atoms with Gasteiger partial charge in [-0.15, -0.1) is 0 Å². The second-order valence-corrected chi connectivity index (χ2v) is 8.09. The number of carbonyl (C=O) groups excluding carboxylic acids is 1. The van der Waals surface area contributed by atoms with Crippen LogP contribution in [0.4, 0.5) is 0 Å². The molecule has 0 atom stereocenters. The number of nitrogens with zero attached hydrogens (tertiary/aromatic N) is 2. The molecule has 1 aliphatic rings. The molecule has 1 saturated heterocycles. The summed E-state index contributed by atoms with van der Waals surface area (Å²) >= 11 is 5.66. The van der Waals surface area contributed by atoms with Crippen molar-refractivity contribution in [2.24, 2.45) is 0 Å². The molecule has 10 heteroatoms. The summed E-state index contributed by atoms with van der Waals surface area (Å²) in [6.45, 7) is 1.59. The Hall–Kier alpha value is -1.58. The highest BCUT2D eigenvalue weighted by molar-refractivity contribution is 7.89. The lowest BCUT2D eigenvalue weighted by Crippen LogP contribution is -2.50. The van der Waals surface area contributed by atoms with Crippen molar-refractivity contribution < 1.29 is 27.5 Å². The van der Waals surface area contributed by atoms with Crippen molar-refractivity contribution in [3.05, 3.63) is 23.1 Å². The summed E-state index contributed by atoms with van der Waals surface area (Å²) in [5.74, 6) is -1.74. The summed E-state index contributed by atoms with van der Waals surface area (Å²) in [5.41, 5.74) is 0. The van der Waals surface area contributed by atoms with E-state index in [1.807, 2.05) is 0 Å². The maximum absolute atomic E-state index is 12.5. The number of hydrogen-bond acceptors (Lipinski definition) is 5. The lowest BCUT2D eigenvalue weighted by Gasteiger charge is -2.36. The Kier molecular flexibility index (Phi) is 5.89. The van der Waals surface area contributed by atoms with Crippen molar-refractivity contribution in [1.82, 2.24) is 9.21 Å². The molecule has 134 valence electrons. The summed E-state index contributed by atoms with van der Waals surface area (Å²) in [5, 5.41) is 9.12. The van der Waals surface area contributed by atoms with Gasteiger partial charge in [0.1, 0.15) is 6.54 Å². The molecule has 0 radical (unpaired) electrons. The summed E-state index contributed by atoms with van der Waals surface area (Å²) < 4.78 is 30.2. The number of carboxylic acid groups (broad SMARTS) is 1. The minimum atomic E-state index is -3.28. The van der Waals surface area contributed by atoms with Crippen LogP contribution in [0.5, 0.6) is 0 Å². The molecule has 1 fully saturated rings. The minimum absolute atomic E-state index is 0.0142. The molecule has 0 aromatic carbocycles. The second kappa shape index (κ2) is 7.54. The average molecular weight is 379 g/mol. The fraction of sp³-hybridized carbons (Fsp3) is 0.571. The third-order valence-electron chi connectivity index (χ3n) is 3.97. The fourth-order valence-corrected chi connectivity index (χ4v) is 3.98. The van der Waals surface area contributed by atoms with Gasteiger partial charge in [0.05, 0.1) is 5.75 Å². The summed E-state index contributed by atoms with van der Waals surface area (Å²) in [4.78, 5) is 24.8. The third kappa shape index (κ3) is 4.28. The van der Waals surface area contributed by atoms with Crippen molar-refractivity contribution in [1.29, 1.82) is 0 Å². The van der Waals surface area contributed by atoms with Crippen LogP contribution in [-0.2, 0) is 14.8 Å². The van der Waals surface area contributed by atoms with Crippen LogP contribution in [0.3, 0.4) is 0 Å². The van der Waals surface area contributed by atoms with Crippen LogP contribution in [0.2, 0.25) is 5.22 Å². The van der Waals surface area contributed by atoms with E-state index < -0.39 is 28.4 Å². The first-order chi connectivity index (χ1) is 11.2. The highest BCUT2D eigenvalue weighted by atomic mass is 35.5. The lowest BCUT2D eigenvalue weighted by molar-refractivity contribution is -0.138. The Balaban J connectivity index is 2.12. The molecule has 0 unspecified atom stereocenters. The maximum Gasteiger partial charge on any atom is 0.323 e. The number of carboxylic acids is 1. The molecule has 1 amide bonds. The van der Waals surface area contributed by atoms with Crippen LogP contribution < -0.4 is 0 Å². The Morgan fingerprint density at radius 3 is 2.46 bits per heavy atom. The van der Waals surface area contributed by atoms with Gasteiger partial charge in [0.25, 0.3) is 5.91 Å². The van der Waals surface area contributed by atoms with Gasteiger partial charge in [-0.3, -0.25) is 9.59 Å². The van der Waals surface area contributed by atoms with Gasteiger partial charge in [0.15, 0.2) is 11.0 Å². The first kappa shape index (κ1) is 18.8. The maximum atomic E-state index is 12.5. The number of piperidine rings is 1. The predicted molar refractivity (Wildman–Crippen MR) is 86.4 cm³/mol. The normalized spacial score (nSPS) is 16.9. The van der Waals surface area contributed by atoms with Crippen LogP contribution in [0.15, 0.2) is 16.5 Å². The topological polar surface area (TPSA) is 108 Å². The minimum Gasteiger partial charge on any atom is -0.480 e. The molecule has 1 aliphatic heterocycles. The van der Waals surface area contributed by atoms with Crippen molar-refractivity contribution >= 4 is 33.5 Å². The van der Waals surface area contributed by atoms with E-state index in [0.29, 0.717) is 12.8 Å². The molecule has 0 spiro atoms. The van der Waals surface area contributed by atoms with Crippen LogP contribution in [0, 0.1) is 0 Å². The number of halogens is 1. The summed E-state index contributed by atoms with van der Waals surface area (Å²) in [6.07, 6.45) is 0.735. The molecule has 8 nitrogen and oxygen atoms in total. The van der Waals surface area contributed by atoms with Gasteiger partial charge in [0, 0.05) is 19.1 Å². The van der Waals surface area contributed by atoms with Gasteiger partial charge in [0.2, 0.25) is 10.0 Å². The van der Waals surface area contributed by atoms with Crippen LogP contribution in [0.1, 0.15) is 30.3 Å². The van der Waals surface area contributed by atoms with Gasteiger partial charge >= 0.3 is 5.97 Å². The monoisotopic (exact) mass is 378 g/mol. The Morgan fingerprint density at radius 1 is 1.38 bits per heavy atom. The molecular formula is C14H19ClN2O6S. The largest absolute Gasteiger partial charge is 0.480 e. The van der Waals surface area contributed by atoms with E-state index in [2.05, 4.69) is 0 Å². The highest BCUT2D eigenvalue weighted by Gasteiger charge is 2.34. The van der Waals surface area contributed by atoms with Crippen molar-refractivity contribution in [3.63, 3.8) is 0 Å². The van der Waals surface area contributed by atoms with Gasteiger partial charge in [-0.2, -0.15) is 0 Å². The number of rotatable bonds is 6. The smallest absolute Gasteiger partial charge is 0.323 e. The summed E-state index contributed by atoms with van der Waals surface area (Å²) in [6, 6.07) is 2.42. The van der Waals surface area contributed by atoms with E-state index in [-0.39, 0.29) is 35.9 Å². The molecular weight excluding hydrogens is 360 g/mol. The van der Waals surface area contributed by atoms with E-state index >= 15 is 0 Å². The third-order valence-corrected chi connectivity index (χ3v) is 6.06. The Labute approximate surface area is 145 Å². The molecule has 0 aliphatic carbocycles. The van der Waals surface area contributed by atoms with Crippen molar-refractivity contribution in [2.45, 2.75) is 25.8 Å². The van der Waals surface area contributed by atoms with E-state index in [1.165, 1.54) is 21.3 Å². The number of sulfonamides is 1. The van der Waals surface area contributed by atoms with Gasteiger partial charge < -0.3 is 14.4 Å². The molecule has 2 heterocycles. The molecule has 1 aromatic rings. The molecule has 0 saturated carbocycles. The molecule has 1 aromatic heterocycles. The lowest BCUT2D eigenvalue weighted by atomic mass is 10.0. The fourth-order valence-electron chi connectivity index (χ4n) is 2.70. The molecule has 2 rings (SSSR count). The SMILES string of the molecule is CCS(=O)(=O)N1CCC(N(CC(=O)O)C(=O)c2ccc(Cl)o2)CC1. The number of hydrogen-bond donors (Lipinski definition) is 1. The number of amides is 1. The number of furan rings is 1.